The van der Waals surface area contributed by atoms with Crippen molar-refractivity contribution in [2.24, 2.45) is 0 Å². The molecule has 88 valence electrons. The van der Waals surface area contributed by atoms with Gasteiger partial charge in [0.2, 0.25) is 0 Å². The van der Waals surface area contributed by atoms with Gasteiger partial charge in [-0.05, 0) is 20.3 Å². The fourth-order valence-electron chi connectivity index (χ4n) is 1.90. The summed E-state index contributed by atoms with van der Waals surface area (Å²) in [5, 5.41) is 9.39. The highest BCUT2D eigenvalue weighted by molar-refractivity contribution is 5.99. The highest BCUT2D eigenvalue weighted by Gasteiger charge is 2.27. The third-order valence-corrected chi connectivity index (χ3v) is 2.89. The number of ether oxygens (including phenoxy) is 1. The van der Waals surface area contributed by atoms with E-state index in [1.54, 1.807) is 6.92 Å². The molecule has 6 nitrogen and oxygen atoms in total. The van der Waals surface area contributed by atoms with E-state index in [1.807, 2.05) is 6.92 Å². The zero-order chi connectivity index (χ0) is 11.7. The predicted octanol–water partition coefficient (Wildman–Crippen LogP) is 0.208. The summed E-state index contributed by atoms with van der Waals surface area (Å²) in [6.45, 7) is 4.41. The Hall–Kier alpha value is -1.56. The Morgan fingerprint density at radius 1 is 1.69 bits per heavy atom. The molecule has 6 heteroatoms. The first kappa shape index (κ1) is 10.9. The van der Waals surface area contributed by atoms with Crippen molar-refractivity contribution in [1.82, 2.24) is 15.5 Å². The number of nitrogens with zero attached hydrogens (tertiary/aromatic N) is 1. The molecule has 0 bridgehead atoms. The summed E-state index contributed by atoms with van der Waals surface area (Å²) in [7, 11) is 0. The van der Waals surface area contributed by atoms with Gasteiger partial charge in [-0.25, -0.2) is 0 Å². The van der Waals surface area contributed by atoms with Crippen LogP contribution in [0.25, 0.3) is 0 Å². The average Bonchev–Trinajstić information content (AvgIpc) is 2.75. The Bertz CT molecular complexity index is 382. The Balaban J connectivity index is 2.08. The van der Waals surface area contributed by atoms with E-state index in [9.17, 15) is 4.79 Å². The van der Waals surface area contributed by atoms with Gasteiger partial charge in [0, 0.05) is 12.3 Å². The standard InChI is InChI=1S/C10H16N4O2/c1-5-8(9(11)14-13-5)10(15)12-7-3-4-16-6(7)2/h6-7H,3-4H2,1-2H3,(H,12,15)(H3,11,13,14). The van der Waals surface area contributed by atoms with Gasteiger partial charge in [-0.3, -0.25) is 9.89 Å². The minimum absolute atomic E-state index is 0.0531. The van der Waals surface area contributed by atoms with Gasteiger partial charge in [-0.2, -0.15) is 5.10 Å². The van der Waals surface area contributed by atoms with Crippen molar-refractivity contribution < 1.29 is 9.53 Å². The van der Waals surface area contributed by atoms with Gasteiger partial charge in [0.25, 0.3) is 5.91 Å². The zero-order valence-corrected chi connectivity index (χ0v) is 9.41. The van der Waals surface area contributed by atoms with Gasteiger partial charge in [0.15, 0.2) is 5.82 Å². The Labute approximate surface area is 93.5 Å². The third-order valence-electron chi connectivity index (χ3n) is 2.89. The molecule has 0 saturated carbocycles. The molecule has 1 aromatic heterocycles. The minimum atomic E-state index is -0.189. The molecule has 4 N–H and O–H groups in total. The lowest BCUT2D eigenvalue weighted by Gasteiger charge is -2.15. The molecule has 2 unspecified atom stereocenters. The first-order valence-corrected chi connectivity index (χ1v) is 5.32. The van der Waals surface area contributed by atoms with Gasteiger partial charge >= 0.3 is 0 Å². The lowest BCUT2D eigenvalue weighted by atomic mass is 10.1. The number of H-pyrrole nitrogens is 1. The van der Waals surface area contributed by atoms with E-state index in [0.717, 1.165) is 6.42 Å². The molecule has 1 saturated heterocycles. The van der Waals surface area contributed by atoms with Crippen LogP contribution in [0, 0.1) is 6.92 Å². The molecule has 1 aliphatic heterocycles. The fourth-order valence-corrected chi connectivity index (χ4v) is 1.90. The quantitative estimate of drug-likeness (QED) is 0.669. The molecule has 1 fully saturated rings. The Morgan fingerprint density at radius 3 is 2.94 bits per heavy atom. The van der Waals surface area contributed by atoms with E-state index < -0.39 is 0 Å². The number of carbonyl (C=O) groups is 1. The molecule has 1 aliphatic rings. The van der Waals surface area contributed by atoms with Crippen molar-refractivity contribution in [2.75, 3.05) is 12.3 Å². The van der Waals surface area contributed by atoms with Crippen LogP contribution in [-0.4, -0.2) is 34.9 Å². The van der Waals surface area contributed by atoms with Crippen LogP contribution in [0.1, 0.15) is 29.4 Å². The monoisotopic (exact) mass is 224 g/mol. The normalized spacial score (nSPS) is 24.6. The maximum Gasteiger partial charge on any atom is 0.257 e. The second-order valence-corrected chi connectivity index (χ2v) is 4.05. The Kier molecular flexibility index (Phi) is 2.82. The number of amides is 1. The van der Waals surface area contributed by atoms with E-state index in [-0.39, 0.29) is 23.9 Å². The molecular weight excluding hydrogens is 208 g/mol. The number of nitrogen functional groups attached to an aromatic ring is 1. The number of anilines is 1. The van der Waals surface area contributed by atoms with Gasteiger partial charge < -0.3 is 15.8 Å². The Morgan fingerprint density at radius 2 is 2.44 bits per heavy atom. The molecular formula is C10H16N4O2. The van der Waals surface area contributed by atoms with Crippen molar-refractivity contribution in [2.45, 2.75) is 32.4 Å². The zero-order valence-electron chi connectivity index (χ0n) is 9.41. The summed E-state index contributed by atoms with van der Waals surface area (Å²) in [5.41, 5.74) is 6.73. The van der Waals surface area contributed by atoms with Crippen molar-refractivity contribution in [3.05, 3.63) is 11.3 Å². The van der Waals surface area contributed by atoms with E-state index in [1.165, 1.54) is 0 Å². The van der Waals surface area contributed by atoms with Gasteiger partial charge in [-0.1, -0.05) is 0 Å². The van der Waals surface area contributed by atoms with Crippen LogP contribution in [0.5, 0.6) is 0 Å². The van der Waals surface area contributed by atoms with Gasteiger partial charge in [-0.15, -0.1) is 0 Å². The largest absolute Gasteiger partial charge is 0.382 e. The van der Waals surface area contributed by atoms with E-state index in [4.69, 9.17) is 10.5 Å². The molecule has 0 radical (unpaired) electrons. The molecule has 0 aromatic carbocycles. The third kappa shape index (κ3) is 1.88. The van der Waals surface area contributed by atoms with Crippen molar-refractivity contribution in [3.63, 3.8) is 0 Å². The summed E-state index contributed by atoms with van der Waals surface area (Å²) in [6.07, 6.45) is 0.890. The predicted molar refractivity (Wildman–Crippen MR) is 59.0 cm³/mol. The minimum Gasteiger partial charge on any atom is -0.382 e. The van der Waals surface area contributed by atoms with Crippen molar-refractivity contribution in [1.29, 1.82) is 0 Å². The molecule has 1 aromatic rings. The van der Waals surface area contributed by atoms with Crippen molar-refractivity contribution >= 4 is 11.7 Å². The first-order valence-electron chi connectivity index (χ1n) is 5.32. The van der Waals surface area contributed by atoms with Crippen LogP contribution in [-0.2, 0) is 4.74 Å². The number of aromatic nitrogens is 2. The second kappa shape index (κ2) is 4.13. The number of hydrogen-bond acceptors (Lipinski definition) is 4. The van der Waals surface area contributed by atoms with Crippen LogP contribution >= 0.6 is 0 Å². The molecule has 16 heavy (non-hydrogen) atoms. The molecule has 2 rings (SSSR count). The summed E-state index contributed by atoms with van der Waals surface area (Å²) >= 11 is 0. The maximum absolute atomic E-state index is 11.9. The summed E-state index contributed by atoms with van der Waals surface area (Å²) in [5.74, 6) is 0.0488. The van der Waals surface area contributed by atoms with Gasteiger partial charge in [0.05, 0.1) is 12.1 Å². The number of aromatic amines is 1. The molecule has 2 heterocycles. The second-order valence-electron chi connectivity index (χ2n) is 4.05. The average molecular weight is 224 g/mol. The van der Waals surface area contributed by atoms with Crippen LogP contribution in [0.2, 0.25) is 0 Å². The summed E-state index contributed by atoms with van der Waals surface area (Å²) in [6, 6.07) is 0.0567. The van der Waals surface area contributed by atoms with Crippen LogP contribution in [0.15, 0.2) is 0 Å². The number of aryl methyl sites for hydroxylation is 1. The van der Waals surface area contributed by atoms with Gasteiger partial charge in [0.1, 0.15) is 5.56 Å². The maximum atomic E-state index is 11.9. The molecule has 1 amide bonds. The molecule has 0 spiro atoms. The van der Waals surface area contributed by atoms with Crippen LogP contribution in [0.4, 0.5) is 5.82 Å². The smallest absolute Gasteiger partial charge is 0.257 e. The van der Waals surface area contributed by atoms with E-state index in [0.29, 0.717) is 17.9 Å². The van der Waals surface area contributed by atoms with Crippen molar-refractivity contribution in [3.8, 4) is 0 Å². The number of nitrogens with one attached hydrogen (secondary N) is 2. The van der Waals surface area contributed by atoms with E-state index >= 15 is 0 Å². The topological polar surface area (TPSA) is 93.0 Å². The molecule has 2 atom stereocenters. The number of rotatable bonds is 2. The summed E-state index contributed by atoms with van der Waals surface area (Å²) < 4.78 is 5.37. The number of carbonyl (C=O) groups excluding carboxylic acids is 1. The SMILES string of the molecule is Cc1[nH]nc(N)c1C(=O)NC1CCOC1C. The highest BCUT2D eigenvalue weighted by Crippen LogP contribution is 2.16. The lowest BCUT2D eigenvalue weighted by molar-refractivity contribution is 0.0866. The lowest BCUT2D eigenvalue weighted by Crippen LogP contribution is -2.39. The number of hydrogen-bond donors (Lipinski definition) is 3. The van der Waals surface area contributed by atoms with E-state index in [2.05, 4.69) is 15.5 Å². The fraction of sp³-hybridized carbons (Fsp3) is 0.600. The molecule has 0 aliphatic carbocycles. The van der Waals surface area contributed by atoms with Crippen LogP contribution in [0.3, 0.4) is 0 Å². The number of nitrogens with two attached hydrogens (primary N) is 1. The highest BCUT2D eigenvalue weighted by atomic mass is 16.5. The summed E-state index contributed by atoms with van der Waals surface area (Å²) in [4.78, 5) is 11.9. The van der Waals surface area contributed by atoms with Crippen LogP contribution < -0.4 is 11.1 Å². The first-order chi connectivity index (χ1) is 7.59.